The van der Waals surface area contributed by atoms with Gasteiger partial charge in [0, 0.05) is 43.1 Å². The van der Waals surface area contributed by atoms with Gasteiger partial charge < -0.3 is 9.80 Å². The average molecular weight is 492 g/mol. The molecule has 35 heavy (non-hydrogen) atoms. The number of likely N-dealkylation sites (tertiary alicyclic amines) is 1. The number of rotatable bonds is 5. The van der Waals surface area contributed by atoms with Gasteiger partial charge in [-0.05, 0) is 53.9 Å². The van der Waals surface area contributed by atoms with Crippen molar-refractivity contribution in [3.05, 3.63) is 106 Å². The Labute approximate surface area is 209 Å². The van der Waals surface area contributed by atoms with Gasteiger partial charge in [-0.3, -0.25) is 14.9 Å². The van der Waals surface area contributed by atoms with Crippen LogP contribution in [0.5, 0.6) is 0 Å². The van der Waals surface area contributed by atoms with Crippen molar-refractivity contribution in [1.82, 2.24) is 15.1 Å². The fraction of sp³-hybridized carbons (Fsp3) is 0.286. The number of hydrogen-bond donors (Lipinski definition) is 1. The highest BCUT2D eigenvalue weighted by atomic mass is 35.5. The van der Waals surface area contributed by atoms with Gasteiger partial charge in [0.1, 0.15) is 5.82 Å². The largest absolute Gasteiger partial charge is 0.338 e. The van der Waals surface area contributed by atoms with Crippen molar-refractivity contribution in [2.75, 3.05) is 13.1 Å². The van der Waals surface area contributed by atoms with E-state index in [0.29, 0.717) is 49.5 Å². The predicted molar refractivity (Wildman–Crippen MR) is 133 cm³/mol. The molecule has 1 N–H and O–H groups in total. The van der Waals surface area contributed by atoms with Crippen LogP contribution in [0.15, 0.2) is 78.9 Å². The summed E-state index contributed by atoms with van der Waals surface area (Å²) >= 11 is 5.97. The number of carbonyl (C=O) groups excluding carboxylic acids is 2. The lowest BCUT2D eigenvalue weighted by Gasteiger charge is -2.44. The molecule has 0 radical (unpaired) electrons. The summed E-state index contributed by atoms with van der Waals surface area (Å²) in [6.45, 7) is 1.45. The van der Waals surface area contributed by atoms with E-state index in [-0.39, 0.29) is 23.7 Å². The lowest BCUT2D eigenvalue weighted by Crippen LogP contribution is -2.59. The molecule has 5 nitrogen and oxygen atoms in total. The molecular weight excluding hydrogens is 465 g/mol. The normalized spacial score (nSPS) is 19.4. The third-order valence-corrected chi connectivity index (χ3v) is 7.28. The molecule has 2 amide bonds. The summed E-state index contributed by atoms with van der Waals surface area (Å²) in [5, 5.41) is 4.23. The van der Waals surface area contributed by atoms with Gasteiger partial charge in [0.15, 0.2) is 0 Å². The molecular formula is C28H27ClFN3O2. The Morgan fingerprint density at radius 1 is 0.943 bits per heavy atom. The van der Waals surface area contributed by atoms with Crippen LogP contribution in [0.25, 0.3) is 0 Å². The fourth-order valence-electron chi connectivity index (χ4n) is 5.12. The van der Waals surface area contributed by atoms with Crippen molar-refractivity contribution in [2.45, 2.75) is 37.5 Å². The van der Waals surface area contributed by atoms with Crippen molar-refractivity contribution < 1.29 is 14.0 Å². The number of benzene rings is 3. The van der Waals surface area contributed by atoms with Gasteiger partial charge in [-0.25, -0.2) is 4.39 Å². The van der Waals surface area contributed by atoms with Gasteiger partial charge in [-0.1, -0.05) is 54.1 Å². The highest BCUT2D eigenvalue weighted by Gasteiger charge is 2.51. The Balaban J connectivity index is 1.36. The average Bonchev–Trinajstić information content (AvgIpc) is 3.11. The monoisotopic (exact) mass is 491 g/mol. The van der Waals surface area contributed by atoms with Gasteiger partial charge in [-0.15, -0.1) is 0 Å². The van der Waals surface area contributed by atoms with E-state index in [1.807, 2.05) is 40.1 Å². The SMILES string of the molecule is O=C(c1ccc(Cl)cc1)N1CCC2(CC1)NC(Cc1ccccc1)C(=O)N2Cc1ccc(F)cc1. The fourth-order valence-corrected chi connectivity index (χ4v) is 5.25. The molecule has 3 aromatic carbocycles. The molecule has 2 fully saturated rings. The zero-order valence-electron chi connectivity index (χ0n) is 19.3. The highest BCUT2D eigenvalue weighted by Crippen LogP contribution is 2.35. The van der Waals surface area contributed by atoms with Crippen LogP contribution in [0.2, 0.25) is 5.02 Å². The van der Waals surface area contributed by atoms with E-state index in [1.165, 1.54) is 12.1 Å². The van der Waals surface area contributed by atoms with Crippen LogP contribution >= 0.6 is 11.6 Å². The Hall–Kier alpha value is -3.22. The third kappa shape index (κ3) is 4.95. The Morgan fingerprint density at radius 3 is 2.26 bits per heavy atom. The van der Waals surface area contributed by atoms with Crippen molar-refractivity contribution in [3.8, 4) is 0 Å². The summed E-state index contributed by atoms with van der Waals surface area (Å²) < 4.78 is 13.5. The molecule has 180 valence electrons. The summed E-state index contributed by atoms with van der Waals surface area (Å²) in [5.74, 6) is -0.298. The maximum Gasteiger partial charge on any atom is 0.253 e. The molecule has 5 rings (SSSR count). The minimum absolute atomic E-state index is 0.0354. The van der Waals surface area contributed by atoms with Gasteiger partial charge in [0.2, 0.25) is 5.91 Å². The molecule has 1 unspecified atom stereocenters. The van der Waals surface area contributed by atoms with Crippen LogP contribution in [0, 0.1) is 5.82 Å². The number of halogens is 2. The lowest BCUT2D eigenvalue weighted by molar-refractivity contribution is -0.134. The number of amides is 2. The quantitative estimate of drug-likeness (QED) is 0.565. The topological polar surface area (TPSA) is 52.7 Å². The molecule has 1 spiro atoms. The lowest BCUT2D eigenvalue weighted by atomic mass is 9.94. The van der Waals surface area contributed by atoms with Crippen LogP contribution in [-0.2, 0) is 17.8 Å². The molecule has 7 heteroatoms. The summed E-state index contributed by atoms with van der Waals surface area (Å²) in [5.41, 5.74) is 2.01. The van der Waals surface area contributed by atoms with Crippen LogP contribution in [0.3, 0.4) is 0 Å². The van der Waals surface area contributed by atoms with E-state index in [4.69, 9.17) is 11.6 Å². The van der Waals surface area contributed by atoms with Gasteiger partial charge >= 0.3 is 0 Å². The van der Waals surface area contributed by atoms with Gasteiger partial charge in [0.05, 0.1) is 11.7 Å². The molecule has 0 aromatic heterocycles. The maximum absolute atomic E-state index is 13.6. The molecule has 1 atom stereocenters. The van der Waals surface area contributed by atoms with Crippen molar-refractivity contribution in [3.63, 3.8) is 0 Å². The van der Waals surface area contributed by atoms with Crippen LogP contribution < -0.4 is 5.32 Å². The Bertz CT molecular complexity index is 1190. The van der Waals surface area contributed by atoms with Crippen molar-refractivity contribution in [2.24, 2.45) is 0 Å². The molecule has 0 bridgehead atoms. The van der Waals surface area contributed by atoms with Crippen LogP contribution in [0.1, 0.15) is 34.3 Å². The standard InChI is InChI=1S/C28H27ClFN3O2/c29-23-10-8-22(9-11-23)26(34)32-16-14-28(15-17-32)31-25(18-20-4-2-1-3-5-20)27(35)33(28)19-21-6-12-24(30)13-7-21/h1-13,25,31H,14-19H2. The second kappa shape index (κ2) is 9.80. The zero-order chi connectivity index (χ0) is 24.4. The molecule has 0 saturated carbocycles. The summed E-state index contributed by atoms with van der Waals surface area (Å²) in [7, 11) is 0. The number of carbonyl (C=O) groups is 2. The molecule has 3 aromatic rings. The summed E-state index contributed by atoms with van der Waals surface area (Å²) in [6, 6.07) is 22.8. The second-order valence-electron chi connectivity index (χ2n) is 9.27. The first-order valence-electron chi connectivity index (χ1n) is 11.9. The molecule has 2 saturated heterocycles. The molecule has 2 aliphatic rings. The van der Waals surface area contributed by atoms with Gasteiger partial charge in [0.25, 0.3) is 5.91 Å². The minimum atomic E-state index is -0.554. The van der Waals surface area contributed by atoms with E-state index in [1.54, 1.807) is 36.4 Å². The Morgan fingerprint density at radius 2 is 1.60 bits per heavy atom. The smallest absolute Gasteiger partial charge is 0.253 e. The number of nitrogens with zero attached hydrogens (tertiary/aromatic N) is 2. The van der Waals surface area contributed by atoms with Crippen molar-refractivity contribution in [1.29, 1.82) is 0 Å². The number of hydrogen-bond acceptors (Lipinski definition) is 3. The number of nitrogens with one attached hydrogen (secondary N) is 1. The summed E-state index contributed by atoms with van der Waals surface area (Å²) in [6.07, 6.45) is 1.82. The first-order chi connectivity index (χ1) is 16.9. The second-order valence-corrected chi connectivity index (χ2v) is 9.70. The Kier molecular flexibility index (Phi) is 6.58. The maximum atomic E-state index is 13.6. The van der Waals surface area contributed by atoms with Crippen LogP contribution in [0.4, 0.5) is 4.39 Å². The zero-order valence-corrected chi connectivity index (χ0v) is 20.0. The summed E-state index contributed by atoms with van der Waals surface area (Å²) in [4.78, 5) is 30.4. The van der Waals surface area contributed by atoms with E-state index >= 15 is 0 Å². The first-order valence-corrected chi connectivity index (χ1v) is 12.2. The molecule has 2 heterocycles. The number of piperidine rings is 1. The van der Waals surface area contributed by atoms with E-state index in [0.717, 1.165) is 11.1 Å². The van der Waals surface area contributed by atoms with Gasteiger partial charge in [-0.2, -0.15) is 0 Å². The van der Waals surface area contributed by atoms with Crippen LogP contribution in [-0.4, -0.2) is 46.4 Å². The van der Waals surface area contributed by atoms with Crippen molar-refractivity contribution >= 4 is 23.4 Å². The van der Waals surface area contributed by atoms with E-state index < -0.39 is 5.66 Å². The van der Waals surface area contributed by atoms with E-state index in [9.17, 15) is 14.0 Å². The van der Waals surface area contributed by atoms with E-state index in [2.05, 4.69) is 5.32 Å². The predicted octanol–water partition coefficient (Wildman–Crippen LogP) is 4.65. The minimum Gasteiger partial charge on any atom is -0.338 e. The molecule has 0 aliphatic carbocycles. The first kappa shape index (κ1) is 23.5. The highest BCUT2D eigenvalue weighted by molar-refractivity contribution is 6.30. The third-order valence-electron chi connectivity index (χ3n) is 7.03. The molecule has 2 aliphatic heterocycles.